The van der Waals surface area contributed by atoms with Crippen LogP contribution in [0.5, 0.6) is 0 Å². The lowest BCUT2D eigenvalue weighted by Crippen LogP contribution is -2.08. The monoisotopic (exact) mass is 235 g/mol. The molecular weight excluding hydrogens is 226 g/mol. The second kappa shape index (κ2) is 4.72. The second-order valence-corrected chi connectivity index (χ2v) is 4.91. The van der Waals surface area contributed by atoms with Gasteiger partial charge in [-0.3, -0.25) is 4.18 Å². The summed E-state index contributed by atoms with van der Waals surface area (Å²) in [6.07, 6.45) is 1.48. The van der Waals surface area contributed by atoms with Crippen LogP contribution in [0.1, 0.15) is 12.5 Å². The smallest absolute Gasteiger partial charge is 0.265 e. The van der Waals surface area contributed by atoms with E-state index in [2.05, 4.69) is 4.98 Å². The molecule has 1 aromatic heterocycles. The van der Waals surface area contributed by atoms with Crippen LogP contribution < -0.4 is 0 Å². The predicted molar refractivity (Wildman–Crippen MR) is 53.5 cm³/mol. The van der Waals surface area contributed by atoms with Crippen LogP contribution in [0.3, 0.4) is 0 Å². The lowest BCUT2D eigenvalue weighted by atomic mass is 10.3. The van der Waals surface area contributed by atoms with Gasteiger partial charge >= 0.3 is 0 Å². The van der Waals surface area contributed by atoms with Crippen molar-refractivity contribution in [1.82, 2.24) is 4.98 Å². The molecule has 1 heterocycles. The Morgan fingerprint density at radius 1 is 1.50 bits per heavy atom. The fourth-order valence-electron chi connectivity index (χ4n) is 0.733. The minimum Gasteiger partial charge on any atom is -0.265 e. The minimum absolute atomic E-state index is 0.000340. The second-order valence-electron chi connectivity index (χ2n) is 2.60. The molecule has 14 heavy (non-hydrogen) atoms. The summed E-state index contributed by atoms with van der Waals surface area (Å²) in [7, 11) is -3.39. The normalized spacial score (nSPS) is 11.6. The first-order chi connectivity index (χ1) is 6.53. The zero-order valence-corrected chi connectivity index (χ0v) is 9.18. The maximum Gasteiger partial charge on any atom is 0.267 e. The molecule has 0 N–H and O–H groups in total. The SMILES string of the molecule is CCS(=O)(=O)OCc1ccc(Cl)nc1. The van der Waals surface area contributed by atoms with Crippen molar-refractivity contribution in [3.05, 3.63) is 29.0 Å². The van der Waals surface area contributed by atoms with E-state index >= 15 is 0 Å². The van der Waals surface area contributed by atoms with Crippen LogP contribution in [0.25, 0.3) is 0 Å². The van der Waals surface area contributed by atoms with E-state index in [1.54, 1.807) is 12.1 Å². The van der Waals surface area contributed by atoms with Crippen molar-refractivity contribution in [2.75, 3.05) is 5.75 Å². The third kappa shape index (κ3) is 3.61. The van der Waals surface area contributed by atoms with Gasteiger partial charge in [-0.1, -0.05) is 17.7 Å². The Labute approximate surface area is 88.0 Å². The number of aromatic nitrogens is 1. The van der Waals surface area contributed by atoms with Gasteiger partial charge in [0.1, 0.15) is 5.15 Å². The van der Waals surface area contributed by atoms with E-state index in [9.17, 15) is 8.42 Å². The first-order valence-electron chi connectivity index (χ1n) is 4.01. The number of pyridine rings is 1. The van der Waals surface area contributed by atoms with Crippen molar-refractivity contribution in [2.45, 2.75) is 13.5 Å². The zero-order valence-electron chi connectivity index (χ0n) is 7.60. The number of halogens is 1. The van der Waals surface area contributed by atoms with Gasteiger partial charge in [-0.25, -0.2) is 4.98 Å². The van der Waals surface area contributed by atoms with E-state index in [4.69, 9.17) is 15.8 Å². The molecule has 1 aromatic rings. The highest BCUT2D eigenvalue weighted by atomic mass is 35.5. The van der Waals surface area contributed by atoms with Crippen molar-refractivity contribution in [3.8, 4) is 0 Å². The average molecular weight is 236 g/mol. The van der Waals surface area contributed by atoms with Gasteiger partial charge in [-0.15, -0.1) is 0 Å². The zero-order chi connectivity index (χ0) is 10.6. The van der Waals surface area contributed by atoms with Gasteiger partial charge in [0.05, 0.1) is 12.4 Å². The fourth-order valence-corrected chi connectivity index (χ4v) is 1.33. The quantitative estimate of drug-likeness (QED) is 0.588. The molecule has 4 nitrogen and oxygen atoms in total. The van der Waals surface area contributed by atoms with Crippen LogP contribution in [-0.2, 0) is 20.9 Å². The molecule has 78 valence electrons. The van der Waals surface area contributed by atoms with Crippen LogP contribution in [-0.4, -0.2) is 19.2 Å². The topological polar surface area (TPSA) is 56.3 Å². The van der Waals surface area contributed by atoms with E-state index in [0.29, 0.717) is 10.7 Å². The van der Waals surface area contributed by atoms with E-state index < -0.39 is 10.1 Å². The molecule has 0 unspecified atom stereocenters. The summed E-state index contributed by atoms with van der Waals surface area (Å²) in [6.45, 7) is 1.52. The summed E-state index contributed by atoms with van der Waals surface area (Å²) in [5, 5.41) is 0.368. The molecule has 0 aliphatic heterocycles. The van der Waals surface area contributed by atoms with Crippen molar-refractivity contribution < 1.29 is 12.6 Å². The summed E-state index contributed by atoms with van der Waals surface area (Å²) >= 11 is 5.56. The van der Waals surface area contributed by atoms with Gasteiger partial charge in [0.15, 0.2) is 0 Å². The highest BCUT2D eigenvalue weighted by molar-refractivity contribution is 7.86. The lowest BCUT2D eigenvalue weighted by Gasteiger charge is -2.02. The van der Waals surface area contributed by atoms with Crippen molar-refractivity contribution in [2.24, 2.45) is 0 Å². The number of hydrogen-bond donors (Lipinski definition) is 0. The Balaban J connectivity index is 2.59. The average Bonchev–Trinajstić information content (AvgIpc) is 2.17. The molecule has 0 fully saturated rings. The van der Waals surface area contributed by atoms with Gasteiger partial charge in [-0.05, 0) is 18.6 Å². The highest BCUT2D eigenvalue weighted by Gasteiger charge is 2.07. The van der Waals surface area contributed by atoms with Crippen molar-refractivity contribution >= 4 is 21.7 Å². The van der Waals surface area contributed by atoms with Gasteiger partial charge in [0.25, 0.3) is 10.1 Å². The van der Waals surface area contributed by atoms with E-state index in [0.717, 1.165) is 0 Å². The highest BCUT2D eigenvalue weighted by Crippen LogP contribution is 2.07. The van der Waals surface area contributed by atoms with Crippen LogP contribution in [0.2, 0.25) is 5.15 Å². The first kappa shape index (κ1) is 11.4. The molecule has 0 atom stereocenters. The van der Waals surface area contributed by atoms with E-state index in [1.807, 2.05) is 0 Å². The molecule has 0 aliphatic rings. The van der Waals surface area contributed by atoms with Crippen LogP contribution in [0, 0.1) is 0 Å². The minimum atomic E-state index is -3.39. The maximum absolute atomic E-state index is 11.0. The Hall–Kier alpha value is -0.650. The van der Waals surface area contributed by atoms with Crippen LogP contribution in [0.4, 0.5) is 0 Å². The molecule has 0 amide bonds. The largest absolute Gasteiger partial charge is 0.267 e. The Bertz CT molecular complexity index is 388. The standard InChI is InChI=1S/C8H10ClNO3S/c1-2-14(11,12)13-6-7-3-4-8(9)10-5-7/h3-5H,2,6H2,1H3. The van der Waals surface area contributed by atoms with E-state index in [1.165, 1.54) is 13.1 Å². The molecule has 0 bridgehead atoms. The molecule has 0 saturated heterocycles. The molecule has 6 heteroatoms. The molecule has 0 spiro atoms. The Morgan fingerprint density at radius 3 is 2.71 bits per heavy atom. The lowest BCUT2D eigenvalue weighted by molar-refractivity contribution is 0.308. The third-order valence-electron chi connectivity index (χ3n) is 1.55. The number of rotatable bonds is 4. The Kier molecular flexibility index (Phi) is 3.86. The molecule has 0 aliphatic carbocycles. The van der Waals surface area contributed by atoms with Crippen molar-refractivity contribution in [3.63, 3.8) is 0 Å². The molecule has 0 aromatic carbocycles. The maximum atomic E-state index is 11.0. The van der Waals surface area contributed by atoms with Crippen LogP contribution in [0.15, 0.2) is 18.3 Å². The molecule has 0 radical (unpaired) electrons. The summed E-state index contributed by atoms with van der Waals surface area (Å²) in [5.74, 6) is -0.0337. The van der Waals surface area contributed by atoms with Gasteiger partial charge < -0.3 is 0 Å². The summed E-state index contributed by atoms with van der Waals surface area (Å²) in [5.41, 5.74) is 0.673. The Morgan fingerprint density at radius 2 is 2.21 bits per heavy atom. The van der Waals surface area contributed by atoms with Gasteiger partial charge in [0.2, 0.25) is 0 Å². The summed E-state index contributed by atoms with van der Waals surface area (Å²) in [4.78, 5) is 3.80. The molecular formula is C8H10ClNO3S. The number of nitrogens with zero attached hydrogens (tertiary/aromatic N) is 1. The summed E-state index contributed by atoms with van der Waals surface area (Å²) < 4.78 is 26.6. The van der Waals surface area contributed by atoms with Gasteiger partial charge in [-0.2, -0.15) is 8.42 Å². The predicted octanol–water partition coefficient (Wildman–Crippen LogP) is 1.60. The third-order valence-corrected chi connectivity index (χ3v) is 2.95. The summed E-state index contributed by atoms with van der Waals surface area (Å²) in [6, 6.07) is 3.25. The first-order valence-corrected chi connectivity index (χ1v) is 5.96. The fraction of sp³-hybridized carbons (Fsp3) is 0.375. The molecule has 1 rings (SSSR count). The van der Waals surface area contributed by atoms with Crippen molar-refractivity contribution in [1.29, 1.82) is 0 Å². The van der Waals surface area contributed by atoms with Crippen LogP contribution >= 0.6 is 11.6 Å². The van der Waals surface area contributed by atoms with Gasteiger partial charge in [0, 0.05) is 6.20 Å². The number of hydrogen-bond acceptors (Lipinski definition) is 4. The molecule has 0 saturated carbocycles. The van der Waals surface area contributed by atoms with E-state index in [-0.39, 0.29) is 12.4 Å².